The zero-order valence-electron chi connectivity index (χ0n) is 7.71. The van der Waals surface area contributed by atoms with Crippen LogP contribution < -0.4 is 0 Å². The Morgan fingerprint density at radius 2 is 2.00 bits per heavy atom. The van der Waals surface area contributed by atoms with Crippen LogP contribution in [-0.2, 0) is 0 Å². The summed E-state index contributed by atoms with van der Waals surface area (Å²) in [6.07, 6.45) is 3.52. The number of aryl methyl sites for hydroxylation is 1. The van der Waals surface area contributed by atoms with E-state index < -0.39 is 0 Å². The van der Waals surface area contributed by atoms with Gasteiger partial charge in [0.05, 0.1) is 0 Å². The molecule has 0 unspecified atom stereocenters. The number of aromatic nitrogens is 3. The first-order chi connectivity index (χ1) is 6.84. The third-order valence-electron chi connectivity index (χ3n) is 1.61. The largest absolute Gasteiger partial charge is 0.249 e. The molecule has 4 heteroatoms. The van der Waals surface area contributed by atoms with E-state index in [2.05, 4.69) is 15.0 Å². The first-order valence-electron chi connectivity index (χ1n) is 4.23. The molecule has 0 N–H and O–H groups in total. The molecule has 0 fully saturated rings. The van der Waals surface area contributed by atoms with E-state index in [0.29, 0.717) is 0 Å². The lowest BCUT2D eigenvalue weighted by molar-refractivity contribution is 0.928. The number of rotatable bonds is 2. The van der Waals surface area contributed by atoms with Gasteiger partial charge in [0.2, 0.25) is 0 Å². The summed E-state index contributed by atoms with van der Waals surface area (Å²) in [4.78, 5) is 12.6. The van der Waals surface area contributed by atoms with Crippen LogP contribution >= 0.6 is 11.8 Å². The van der Waals surface area contributed by atoms with Crippen molar-refractivity contribution in [3.8, 4) is 0 Å². The highest BCUT2D eigenvalue weighted by Crippen LogP contribution is 2.21. The lowest BCUT2D eigenvalue weighted by atomic mass is 10.5. The van der Waals surface area contributed by atoms with Gasteiger partial charge in [-0.15, -0.1) is 0 Å². The molecule has 14 heavy (non-hydrogen) atoms. The van der Waals surface area contributed by atoms with E-state index in [1.54, 1.807) is 12.4 Å². The van der Waals surface area contributed by atoms with Crippen LogP contribution in [0.3, 0.4) is 0 Å². The summed E-state index contributed by atoms with van der Waals surface area (Å²) >= 11 is 1.47. The smallest absolute Gasteiger partial charge is 0.194 e. The van der Waals surface area contributed by atoms with E-state index in [1.807, 2.05) is 31.2 Å². The van der Waals surface area contributed by atoms with Crippen LogP contribution in [-0.4, -0.2) is 15.0 Å². The standard InChI is InChI=1S/C10H9N3S/c1-8-5-7-12-10(13-8)14-9-4-2-3-6-11-9/h2-7H,1H3. The van der Waals surface area contributed by atoms with Crippen LogP contribution in [0.25, 0.3) is 0 Å². The summed E-state index contributed by atoms with van der Waals surface area (Å²) in [7, 11) is 0. The zero-order valence-corrected chi connectivity index (χ0v) is 8.53. The Kier molecular flexibility index (Phi) is 2.74. The second kappa shape index (κ2) is 4.19. The zero-order chi connectivity index (χ0) is 9.80. The molecule has 0 aliphatic rings. The summed E-state index contributed by atoms with van der Waals surface area (Å²) in [5.41, 5.74) is 0.971. The average Bonchev–Trinajstić information content (AvgIpc) is 2.19. The molecule has 3 nitrogen and oxygen atoms in total. The van der Waals surface area contributed by atoms with Gasteiger partial charge in [-0.25, -0.2) is 15.0 Å². The van der Waals surface area contributed by atoms with Crippen molar-refractivity contribution in [2.24, 2.45) is 0 Å². The first-order valence-corrected chi connectivity index (χ1v) is 5.05. The summed E-state index contributed by atoms with van der Waals surface area (Å²) in [5.74, 6) is 0. The Morgan fingerprint density at radius 1 is 1.07 bits per heavy atom. The van der Waals surface area contributed by atoms with Crippen LogP contribution in [0.5, 0.6) is 0 Å². The SMILES string of the molecule is Cc1ccnc(Sc2ccccn2)n1. The molecular formula is C10H9N3S. The molecule has 0 spiro atoms. The van der Waals surface area contributed by atoms with Crippen LogP contribution in [0.1, 0.15) is 5.69 Å². The van der Waals surface area contributed by atoms with Crippen molar-refractivity contribution in [2.45, 2.75) is 17.1 Å². The number of hydrogen-bond donors (Lipinski definition) is 0. The summed E-state index contributed by atoms with van der Waals surface area (Å²) in [5, 5.41) is 1.65. The Bertz CT molecular complexity index is 417. The highest BCUT2D eigenvalue weighted by Gasteiger charge is 1.99. The van der Waals surface area contributed by atoms with Gasteiger partial charge in [0, 0.05) is 18.1 Å². The first kappa shape index (κ1) is 9.15. The van der Waals surface area contributed by atoms with E-state index in [0.717, 1.165) is 15.9 Å². The minimum absolute atomic E-state index is 0.740. The van der Waals surface area contributed by atoms with Crippen molar-refractivity contribution in [1.82, 2.24) is 15.0 Å². The molecule has 0 aliphatic carbocycles. The van der Waals surface area contributed by atoms with Gasteiger partial charge in [-0.2, -0.15) is 0 Å². The van der Waals surface area contributed by atoms with Crippen molar-refractivity contribution in [3.05, 3.63) is 42.4 Å². The van der Waals surface area contributed by atoms with Crippen LogP contribution in [0, 0.1) is 6.92 Å². The molecule has 0 aromatic carbocycles. The maximum atomic E-state index is 4.28. The quantitative estimate of drug-likeness (QED) is 0.702. The predicted octanol–water partition coefficient (Wildman–Crippen LogP) is 2.33. The molecule has 0 atom stereocenters. The molecule has 2 heterocycles. The number of nitrogens with zero attached hydrogens (tertiary/aromatic N) is 3. The molecule has 0 aliphatic heterocycles. The van der Waals surface area contributed by atoms with Gasteiger partial charge in [-0.3, -0.25) is 0 Å². The summed E-state index contributed by atoms with van der Waals surface area (Å²) in [6, 6.07) is 7.66. The third kappa shape index (κ3) is 2.29. The van der Waals surface area contributed by atoms with Crippen molar-refractivity contribution in [2.75, 3.05) is 0 Å². The van der Waals surface area contributed by atoms with Gasteiger partial charge < -0.3 is 0 Å². The molecule has 2 aromatic heterocycles. The molecule has 70 valence electrons. The van der Waals surface area contributed by atoms with E-state index in [9.17, 15) is 0 Å². The highest BCUT2D eigenvalue weighted by atomic mass is 32.2. The normalized spacial score (nSPS) is 10.1. The Morgan fingerprint density at radius 3 is 2.71 bits per heavy atom. The molecular weight excluding hydrogens is 194 g/mol. The molecule has 2 aromatic rings. The van der Waals surface area contributed by atoms with Crippen LogP contribution in [0.2, 0.25) is 0 Å². The van der Waals surface area contributed by atoms with Crippen molar-refractivity contribution < 1.29 is 0 Å². The fourth-order valence-electron chi connectivity index (χ4n) is 0.976. The Labute approximate surface area is 86.6 Å². The van der Waals surface area contributed by atoms with E-state index in [-0.39, 0.29) is 0 Å². The van der Waals surface area contributed by atoms with E-state index >= 15 is 0 Å². The fraction of sp³-hybridized carbons (Fsp3) is 0.100. The Balaban J connectivity index is 2.19. The highest BCUT2D eigenvalue weighted by molar-refractivity contribution is 7.99. The number of hydrogen-bond acceptors (Lipinski definition) is 4. The monoisotopic (exact) mass is 203 g/mol. The lowest BCUT2D eigenvalue weighted by Crippen LogP contribution is -1.88. The van der Waals surface area contributed by atoms with Crippen molar-refractivity contribution in [3.63, 3.8) is 0 Å². The maximum absolute atomic E-state index is 4.28. The topological polar surface area (TPSA) is 38.7 Å². The van der Waals surface area contributed by atoms with Gasteiger partial charge in [0.25, 0.3) is 0 Å². The number of pyridine rings is 1. The van der Waals surface area contributed by atoms with Crippen molar-refractivity contribution in [1.29, 1.82) is 0 Å². The van der Waals surface area contributed by atoms with E-state index in [1.165, 1.54) is 11.8 Å². The minimum atomic E-state index is 0.740. The molecule has 0 amide bonds. The average molecular weight is 203 g/mol. The second-order valence-corrected chi connectivity index (χ2v) is 3.74. The van der Waals surface area contributed by atoms with Crippen molar-refractivity contribution >= 4 is 11.8 Å². The van der Waals surface area contributed by atoms with E-state index in [4.69, 9.17) is 0 Å². The molecule has 0 saturated carbocycles. The van der Waals surface area contributed by atoms with Crippen LogP contribution in [0.4, 0.5) is 0 Å². The fourth-order valence-corrected chi connectivity index (χ4v) is 1.73. The second-order valence-electron chi connectivity index (χ2n) is 2.75. The molecule has 0 radical (unpaired) electrons. The molecule has 2 rings (SSSR count). The van der Waals surface area contributed by atoms with Gasteiger partial charge in [-0.05, 0) is 36.9 Å². The summed E-state index contributed by atoms with van der Waals surface area (Å²) < 4.78 is 0. The Hall–Kier alpha value is -1.42. The predicted molar refractivity (Wildman–Crippen MR) is 55.1 cm³/mol. The maximum Gasteiger partial charge on any atom is 0.194 e. The minimum Gasteiger partial charge on any atom is -0.249 e. The lowest BCUT2D eigenvalue weighted by Gasteiger charge is -1.98. The van der Waals surface area contributed by atoms with Gasteiger partial charge in [0.15, 0.2) is 5.16 Å². The van der Waals surface area contributed by atoms with Gasteiger partial charge in [-0.1, -0.05) is 6.07 Å². The van der Waals surface area contributed by atoms with Crippen LogP contribution in [0.15, 0.2) is 46.8 Å². The molecule has 0 bridgehead atoms. The third-order valence-corrected chi connectivity index (χ3v) is 2.44. The van der Waals surface area contributed by atoms with Gasteiger partial charge in [0.1, 0.15) is 5.03 Å². The molecule has 0 saturated heterocycles. The summed E-state index contributed by atoms with van der Waals surface area (Å²) in [6.45, 7) is 1.95. The van der Waals surface area contributed by atoms with Gasteiger partial charge >= 0.3 is 0 Å².